The first-order valence-corrected chi connectivity index (χ1v) is 10.4. The van der Waals surface area contributed by atoms with Gasteiger partial charge in [-0.1, -0.05) is 56.3 Å². The summed E-state index contributed by atoms with van der Waals surface area (Å²) in [5, 5.41) is 12.9. The molecular formula is C23H30FN5. The van der Waals surface area contributed by atoms with Crippen molar-refractivity contribution in [2.24, 2.45) is 0 Å². The first-order valence-electron chi connectivity index (χ1n) is 10.4. The van der Waals surface area contributed by atoms with Crippen LogP contribution >= 0.6 is 0 Å². The van der Waals surface area contributed by atoms with E-state index in [4.69, 9.17) is 10.2 Å². The largest absolute Gasteiger partial charge is 0.311 e. The minimum atomic E-state index is -0.234. The molecule has 1 N–H and O–H groups in total. The van der Waals surface area contributed by atoms with E-state index in [1.807, 2.05) is 18.2 Å². The van der Waals surface area contributed by atoms with Gasteiger partial charge in [-0.15, -0.1) is 0 Å². The fraction of sp³-hybridized carbons (Fsp3) is 0.391. The van der Waals surface area contributed by atoms with Crippen LogP contribution in [0.1, 0.15) is 31.5 Å². The second kappa shape index (κ2) is 10.8. The Bertz CT molecular complexity index is 857. The number of nitrogens with one attached hydrogen (secondary N) is 1. The molecule has 3 rings (SSSR count). The average Bonchev–Trinajstić information content (AvgIpc) is 3.15. The maximum absolute atomic E-state index is 13.2. The van der Waals surface area contributed by atoms with E-state index >= 15 is 0 Å². The fourth-order valence-corrected chi connectivity index (χ4v) is 3.32. The van der Waals surface area contributed by atoms with Crippen LogP contribution in [0.2, 0.25) is 0 Å². The minimum absolute atomic E-state index is 0.234. The standard InChI is InChI=1S/C23H30FN5/c1-3-28(4-2)16-8-15-25-17-22-23(20-9-6-5-7-10-20)27-29(26-22)18-19-11-13-21(24)14-12-19/h5-7,9-14,25H,3-4,8,15-18H2,1-2H3. The molecule has 2 aromatic carbocycles. The molecule has 0 atom stereocenters. The highest BCUT2D eigenvalue weighted by Gasteiger charge is 2.13. The van der Waals surface area contributed by atoms with Crippen molar-refractivity contribution in [2.45, 2.75) is 33.4 Å². The molecule has 0 saturated carbocycles. The smallest absolute Gasteiger partial charge is 0.123 e. The number of hydrogen-bond acceptors (Lipinski definition) is 4. The van der Waals surface area contributed by atoms with Crippen LogP contribution in [0.4, 0.5) is 4.39 Å². The van der Waals surface area contributed by atoms with Crippen molar-refractivity contribution in [2.75, 3.05) is 26.2 Å². The third-order valence-corrected chi connectivity index (χ3v) is 5.02. The van der Waals surface area contributed by atoms with Crippen LogP contribution in [0.3, 0.4) is 0 Å². The van der Waals surface area contributed by atoms with Crippen molar-refractivity contribution in [3.05, 3.63) is 71.7 Å². The van der Waals surface area contributed by atoms with Crippen LogP contribution in [-0.2, 0) is 13.1 Å². The van der Waals surface area contributed by atoms with E-state index in [1.54, 1.807) is 16.9 Å². The second-order valence-corrected chi connectivity index (χ2v) is 7.08. The number of aromatic nitrogens is 3. The monoisotopic (exact) mass is 395 g/mol. The van der Waals surface area contributed by atoms with E-state index in [2.05, 4.69) is 36.2 Å². The molecule has 0 aliphatic carbocycles. The Balaban J connectivity index is 1.67. The van der Waals surface area contributed by atoms with Gasteiger partial charge in [0.05, 0.1) is 6.54 Å². The zero-order valence-electron chi connectivity index (χ0n) is 17.3. The normalized spacial score (nSPS) is 11.3. The van der Waals surface area contributed by atoms with Gasteiger partial charge in [-0.2, -0.15) is 15.0 Å². The van der Waals surface area contributed by atoms with Crippen molar-refractivity contribution in [3.63, 3.8) is 0 Å². The highest BCUT2D eigenvalue weighted by molar-refractivity contribution is 5.60. The summed E-state index contributed by atoms with van der Waals surface area (Å²) in [4.78, 5) is 4.12. The zero-order valence-corrected chi connectivity index (χ0v) is 17.3. The summed E-state index contributed by atoms with van der Waals surface area (Å²) in [6.45, 7) is 9.80. The average molecular weight is 396 g/mol. The molecule has 154 valence electrons. The second-order valence-electron chi connectivity index (χ2n) is 7.08. The third-order valence-electron chi connectivity index (χ3n) is 5.02. The summed E-state index contributed by atoms with van der Waals surface area (Å²) >= 11 is 0. The Labute approximate surface area is 172 Å². The van der Waals surface area contributed by atoms with Crippen LogP contribution in [0.25, 0.3) is 11.3 Å². The fourth-order valence-electron chi connectivity index (χ4n) is 3.32. The number of benzene rings is 2. The maximum Gasteiger partial charge on any atom is 0.123 e. The van der Waals surface area contributed by atoms with Gasteiger partial charge in [-0.3, -0.25) is 0 Å². The van der Waals surface area contributed by atoms with Crippen LogP contribution < -0.4 is 5.32 Å². The predicted octanol–water partition coefficient (Wildman–Crippen LogP) is 3.95. The van der Waals surface area contributed by atoms with Crippen LogP contribution in [-0.4, -0.2) is 46.1 Å². The molecule has 1 heterocycles. The molecule has 0 saturated heterocycles. The molecule has 0 radical (unpaired) electrons. The molecule has 0 fully saturated rings. The van der Waals surface area contributed by atoms with Gasteiger partial charge < -0.3 is 10.2 Å². The summed E-state index contributed by atoms with van der Waals surface area (Å²) in [6.07, 6.45) is 1.10. The molecule has 0 bridgehead atoms. The van der Waals surface area contributed by atoms with Crippen molar-refractivity contribution >= 4 is 0 Å². The van der Waals surface area contributed by atoms with Gasteiger partial charge >= 0.3 is 0 Å². The Morgan fingerprint density at radius 1 is 0.966 bits per heavy atom. The first kappa shape index (κ1) is 21.1. The van der Waals surface area contributed by atoms with Crippen molar-refractivity contribution in [1.29, 1.82) is 0 Å². The van der Waals surface area contributed by atoms with Gasteiger partial charge in [0.15, 0.2) is 0 Å². The lowest BCUT2D eigenvalue weighted by Crippen LogP contribution is -2.27. The Hall–Kier alpha value is -2.57. The zero-order chi connectivity index (χ0) is 20.5. The first-order chi connectivity index (χ1) is 14.2. The van der Waals surface area contributed by atoms with Gasteiger partial charge in [-0.25, -0.2) is 4.39 Å². The van der Waals surface area contributed by atoms with Crippen molar-refractivity contribution < 1.29 is 4.39 Å². The van der Waals surface area contributed by atoms with E-state index < -0.39 is 0 Å². The SMILES string of the molecule is CCN(CC)CCCNCc1nn(Cc2ccc(F)cc2)nc1-c1ccccc1. The summed E-state index contributed by atoms with van der Waals surface area (Å²) in [6, 6.07) is 16.6. The molecular weight excluding hydrogens is 365 g/mol. The molecule has 0 aliphatic heterocycles. The number of nitrogens with zero attached hydrogens (tertiary/aromatic N) is 4. The van der Waals surface area contributed by atoms with Gasteiger partial charge in [0.25, 0.3) is 0 Å². The van der Waals surface area contributed by atoms with Crippen molar-refractivity contribution in [3.8, 4) is 11.3 Å². The number of rotatable bonds is 11. The maximum atomic E-state index is 13.2. The lowest BCUT2D eigenvalue weighted by atomic mass is 10.1. The molecule has 6 heteroatoms. The van der Waals surface area contributed by atoms with E-state index in [1.165, 1.54) is 12.1 Å². The van der Waals surface area contributed by atoms with Crippen LogP contribution in [0.5, 0.6) is 0 Å². The van der Waals surface area contributed by atoms with Crippen LogP contribution in [0, 0.1) is 5.82 Å². The Kier molecular flexibility index (Phi) is 7.90. The highest BCUT2D eigenvalue weighted by Crippen LogP contribution is 2.20. The van der Waals surface area contributed by atoms with E-state index in [9.17, 15) is 4.39 Å². The molecule has 1 aromatic heterocycles. The van der Waals surface area contributed by atoms with Crippen LogP contribution in [0.15, 0.2) is 54.6 Å². The quantitative estimate of drug-likeness (QED) is 0.499. The highest BCUT2D eigenvalue weighted by atomic mass is 19.1. The topological polar surface area (TPSA) is 46.0 Å². The predicted molar refractivity (Wildman–Crippen MR) is 115 cm³/mol. The molecule has 3 aromatic rings. The van der Waals surface area contributed by atoms with E-state index in [0.717, 1.165) is 55.1 Å². The van der Waals surface area contributed by atoms with Gasteiger partial charge in [-0.05, 0) is 50.3 Å². The molecule has 29 heavy (non-hydrogen) atoms. The summed E-state index contributed by atoms with van der Waals surface area (Å²) < 4.78 is 13.2. The van der Waals surface area contributed by atoms with E-state index in [0.29, 0.717) is 13.1 Å². The van der Waals surface area contributed by atoms with E-state index in [-0.39, 0.29) is 5.82 Å². The molecule has 0 aliphatic rings. The van der Waals surface area contributed by atoms with Gasteiger partial charge in [0.1, 0.15) is 17.2 Å². The number of hydrogen-bond donors (Lipinski definition) is 1. The molecule has 5 nitrogen and oxygen atoms in total. The van der Waals surface area contributed by atoms with Gasteiger partial charge in [0.2, 0.25) is 0 Å². The summed E-state index contributed by atoms with van der Waals surface area (Å²) in [5.41, 5.74) is 3.85. The lowest BCUT2D eigenvalue weighted by Gasteiger charge is -2.17. The van der Waals surface area contributed by atoms with Crippen molar-refractivity contribution in [1.82, 2.24) is 25.2 Å². The lowest BCUT2D eigenvalue weighted by molar-refractivity contribution is 0.298. The van der Waals surface area contributed by atoms with Gasteiger partial charge in [0, 0.05) is 12.1 Å². The Morgan fingerprint density at radius 3 is 2.38 bits per heavy atom. The number of halogens is 1. The molecule has 0 spiro atoms. The minimum Gasteiger partial charge on any atom is -0.311 e. The summed E-state index contributed by atoms with van der Waals surface area (Å²) in [5.74, 6) is -0.234. The third kappa shape index (κ3) is 6.21. The molecule has 0 amide bonds. The summed E-state index contributed by atoms with van der Waals surface area (Å²) in [7, 11) is 0. The molecule has 0 unspecified atom stereocenters. The Morgan fingerprint density at radius 2 is 1.69 bits per heavy atom.